The van der Waals surface area contributed by atoms with Crippen LogP contribution in [0.1, 0.15) is 15.9 Å². The maximum atomic E-state index is 12.8. The van der Waals surface area contributed by atoms with Crippen LogP contribution >= 0.6 is 0 Å². The number of nitrogens with one attached hydrogen (secondary N) is 2. The highest BCUT2D eigenvalue weighted by Gasteiger charge is 2.22. The SMILES string of the molecule is COc1ccccc1NS(=O)(=O)c1ccc(NN=Cc2ccccc2C(=O)O)c([N+](=O)[O-])c1. The summed E-state index contributed by atoms with van der Waals surface area (Å²) in [7, 11) is -2.78. The summed E-state index contributed by atoms with van der Waals surface area (Å²) in [6.07, 6.45) is 1.20. The van der Waals surface area contributed by atoms with Gasteiger partial charge in [-0.15, -0.1) is 0 Å². The molecule has 3 N–H and O–H groups in total. The van der Waals surface area contributed by atoms with E-state index in [4.69, 9.17) is 4.74 Å². The van der Waals surface area contributed by atoms with Gasteiger partial charge in [-0.25, -0.2) is 13.2 Å². The second-order valence-electron chi connectivity index (χ2n) is 6.50. The van der Waals surface area contributed by atoms with Crippen LogP contribution in [-0.2, 0) is 10.0 Å². The number of carbonyl (C=O) groups is 1. The molecule has 0 atom stereocenters. The molecule has 0 unspecified atom stereocenters. The van der Waals surface area contributed by atoms with E-state index in [-0.39, 0.29) is 33.1 Å². The van der Waals surface area contributed by atoms with E-state index in [0.717, 1.165) is 6.07 Å². The lowest BCUT2D eigenvalue weighted by Crippen LogP contribution is -2.14. The van der Waals surface area contributed by atoms with E-state index in [9.17, 15) is 28.4 Å². The van der Waals surface area contributed by atoms with E-state index in [2.05, 4.69) is 15.2 Å². The first-order valence-electron chi connectivity index (χ1n) is 9.28. The lowest BCUT2D eigenvalue weighted by atomic mass is 10.1. The number of hydrogen-bond acceptors (Lipinski definition) is 8. The van der Waals surface area contributed by atoms with Crippen LogP contribution in [0.2, 0.25) is 0 Å². The van der Waals surface area contributed by atoms with Crippen molar-refractivity contribution in [3.63, 3.8) is 0 Å². The predicted molar refractivity (Wildman–Crippen MR) is 122 cm³/mol. The molecule has 0 aliphatic rings. The summed E-state index contributed by atoms with van der Waals surface area (Å²) in [4.78, 5) is 21.7. The fourth-order valence-electron chi connectivity index (χ4n) is 2.83. The number of aromatic carboxylic acids is 1. The number of ether oxygens (including phenoxy) is 1. The monoisotopic (exact) mass is 470 g/mol. The number of nitro groups is 1. The normalized spacial score (nSPS) is 11.2. The zero-order chi connectivity index (χ0) is 24.0. The molecule has 3 aromatic rings. The number of methoxy groups -OCH3 is 1. The van der Waals surface area contributed by atoms with E-state index < -0.39 is 26.6 Å². The van der Waals surface area contributed by atoms with Gasteiger partial charge < -0.3 is 9.84 Å². The summed E-state index contributed by atoms with van der Waals surface area (Å²) in [5.74, 6) is -0.870. The molecule has 170 valence electrons. The molecule has 33 heavy (non-hydrogen) atoms. The number of sulfonamides is 1. The second-order valence-corrected chi connectivity index (χ2v) is 8.19. The fraction of sp³-hybridized carbons (Fsp3) is 0.0476. The lowest BCUT2D eigenvalue weighted by Gasteiger charge is -2.12. The molecule has 0 aliphatic carbocycles. The van der Waals surface area contributed by atoms with Gasteiger partial charge in [-0.1, -0.05) is 30.3 Å². The number of para-hydroxylation sites is 2. The Bertz CT molecular complexity index is 1340. The van der Waals surface area contributed by atoms with E-state index in [0.29, 0.717) is 0 Å². The van der Waals surface area contributed by atoms with E-state index in [1.807, 2.05) is 0 Å². The van der Waals surface area contributed by atoms with Crippen molar-refractivity contribution in [1.29, 1.82) is 0 Å². The molecule has 0 aliphatic heterocycles. The summed E-state index contributed by atoms with van der Waals surface area (Å²) in [5, 5.41) is 24.6. The van der Waals surface area contributed by atoms with E-state index in [1.165, 1.54) is 43.7 Å². The van der Waals surface area contributed by atoms with Crippen molar-refractivity contribution < 1.29 is 28.0 Å². The summed E-state index contributed by atoms with van der Waals surface area (Å²) in [6.45, 7) is 0. The van der Waals surface area contributed by atoms with Crippen molar-refractivity contribution in [2.75, 3.05) is 17.3 Å². The Hall–Kier alpha value is -4.45. The molecule has 0 radical (unpaired) electrons. The van der Waals surface area contributed by atoms with Crippen LogP contribution in [0.4, 0.5) is 17.1 Å². The number of hydrazone groups is 1. The van der Waals surface area contributed by atoms with Gasteiger partial charge in [0.25, 0.3) is 15.7 Å². The zero-order valence-corrected chi connectivity index (χ0v) is 17.9. The molecule has 11 nitrogen and oxygen atoms in total. The van der Waals surface area contributed by atoms with Gasteiger partial charge >= 0.3 is 5.97 Å². The Labute approximate surface area is 188 Å². The van der Waals surface area contributed by atoms with E-state index in [1.54, 1.807) is 30.3 Å². The van der Waals surface area contributed by atoms with Gasteiger partial charge in [-0.3, -0.25) is 20.3 Å². The van der Waals surface area contributed by atoms with Gasteiger partial charge in [0.1, 0.15) is 11.4 Å². The molecule has 12 heteroatoms. The van der Waals surface area contributed by atoms with Crippen LogP contribution < -0.4 is 14.9 Å². The number of carboxylic acids is 1. The van der Waals surface area contributed by atoms with Crippen LogP contribution in [0.15, 0.2) is 76.7 Å². The second kappa shape index (κ2) is 9.78. The summed E-state index contributed by atoms with van der Waals surface area (Å²) < 4.78 is 33.0. The van der Waals surface area contributed by atoms with Gasteiger partial charge in [0.2, 0.25) is 0 Å². The largest absolute Gasteiger partial charge is 0.495 e. The summed E-state index contributed by atoms with van der Waals surface area (Å²) >= 11 is 0. The molecule has 0 amide bonds. The average Bonchev–Trinajstić information content (AvgIpc) is 2.79. The maximum absolute atomic E-state index is 12.8. The summed E-state index contributed by atoms with van der Waals surface area (Å²) in [6, 6.07) is 15.7. The van der Waals surface area contributed by atoms with Gasteiger partial charge in [0, 0.05) is 11.6 Å². The number of benzene rings is 3. The third-order valence-electron chi connectivity index (χ3n) is 4.41. The van der Waals surface area contributed by atoms with Gasteiger partial charge in [-0.2, -0.15) is 5.10 Å². The van der Waals surface area contributed by atoms with Crippen molar-refractivity contribution in [3.8, 4) is 5.75 Å². The van der Waals surface area contributed by atoms with Crippen LogP contribution in [0, 0.1) is 10.1 Å². The van der Waals surface area contributed by atoms with Crippen LogP contribution in [-0.4, -0.2) is 37.7 Å². The lowest BCUT2D eigenvalue weighted by molar-refractivity contribution is -0.384. The highest BCUT2D eigenvalue weighted by molar-refractivity contribution is 7.92. The third-order valence-corrected chi connectivity index (χ3v) is 5.77. The van der Waals surface area contributed by atoms with Crippen LogP contribution in [0.25, 0.3) is 0 Å². The standard InChI is InChI=1S/C21H18N4O7S/c1-32-20-9-5-4-8-18(20)24-33(30,31)15-10-11-17(19(12-15)25(28)29)23-22-13-14-6-2-3-7-16(14)21(26)27/h2-13,23-24H,1H3,(H,26,27). The highest BCUT2D eigenvalue weighted by Crippen LogP contribution is 2.30. The highest BCUT2D eigenvalue weighted by atomic mass is 32.2. The van der Waals surface area contributed by atoms with Crippen molar-refractivity contribution >= 4 is 39.3 Å². The molecule has 3 rings (SSSR count). The Balaban J connectivity index is 1.88. The summed E-state index contributed by atoms with van der Waals surface area (Å²) in [5.41, 5.74) is 2.28. The molecule has 0 saturated carbocycles. The van der Waals surface area contributed by atoms with Crippen molar-refractivity contribution in [1.82, 2.24) is 0 Å². The number of nitrogens with zero attached hydrogens (tertiary/aromatic N) is 2. The van der Waals surface area contributed by atoms with Crippen molar-refractivity contribution in [3.05, 3.63) is 88.0 Å². The fourth-order valence-corrected chi connectivity index (χ4v) is 3.92. The first kappa shape index (κ1) is 23.2. The quantitative estimate of drug-likeness (QED) is 0.243. The number of nitro benzene ring substituents is 1. The number of anilines is 2. The van der Waals surface area contributed by atoms with Gasteiger partial charge in [-0.05, 0) is 30.3 Å². The van der Waals surface area contributed by atoms with Crippen molar-refractivity contribution in [2.45, 2.75) is 4.90 Å². The van der Waals surface area contributed by atoms with Crippen LogP contribution in [0.3, 0.4) is 0 Å². The molecule has 0 heterocycles. The van der Waals surface area contributed by atoms with Crippen LogP contribution in [0.5, 0.6) is 5.75 Å². The maximum Gasteiger partial charge on any atom is 0.336 e. The first-order chi connectivity index (χ1) is 15.7. The minimum absolute atomic E-state index is 0.00130. The molecular formula is C21H18N4O7S. The minimum atomic E-state index is -4.16. The van der Waals surface area contributed by atoms with Gasteiger partial charge in [0.15, 0.2) is 0 Å². The Kier molecular flexibility index (Phi) is 6.88. The number of carboxylic acid groups (broad SMARTS) is 1. The zero-order valence-electron chi connectivity index (χ0n) is 17.1. The van der Waals surface area contributed by atoms with Gasteiger partial charge in [0.05, 0.1) is 34.4 Å². The average molecular weight is 470 g/mol. The van der Waals surface area contributed by atoms with E-state index >= 15 is 0 Å². The molecule has 0 aromatic heterocycles. The predicted octanol–water partition coefficient (Wildman–Crippen LogP) is 3.55. The molecule has 0 saturated heterocycles. The number of rotatable bonds is 9. The topological polar surface area (TPSA) is 160 Å². The Morgan fingerprint density at radius 3 is 2.48 bits per heavy atom. The molecular weight excluding hydrogens is 452 g/mol. The van der Waals surface area contributed by atoms with Crippen molar-refractivity contribution in [2.24, 2.45) is 5.10 Å². The smallest absolute Gasteiger partial charge is 0.336 e. The third kappa shape index (κ3) is 5.43. The molecule has 0 bridgehead atoms. The Morgan fingerprint density at radius 1 is 1.09 bits per heavy atom. The Morgan fingerprint density at radius 2 is 1.79 bits per heavy atom. The molecule has 0 spiro atoms. The molecule has 0 fully saturated rings. The molecule has 3 aromatic carbocycles. The minimum Gasteiger partial charge on any atom is -0.495 e. The first-order valence-corrected chi connectivity index (χ1v) is 10.8. The number of hydrogen-bond donors (Lipinski definition) is 3.